The largest absolute Gasteiger partial charge is 0.355 e. The van der Waals surface area contributed by atoms with E-state index < -0.39 is 10.0 Å². The van der Waals surface area contributed by atoms with E-state index >= 15 is 0 Å². The Balaban J connectivity index is 1.47. The smallest absolute Gasteiger partial charge is 0.238 e. The van der Waals surface area contributed by atoms with Crippen molar-refractivity contribution in [3.8, 4) is 11.3 Å². The van der Waals surface area contributed by atoms with Crippen LogP contribution >= 0.6 is 11.3 Å². The van der Waals surface area contributed by atoms with Crippen molar-refractivity contribution in [1.82, 2.24) is 10.3 Å². The highest BCUT2D eigenvalue weighted by Gasteiger charge is 2.09. The first-order valence-corrected chi connectivity index (χ1v) is 11.1. The van der Waals surface area contributed by atoms with E-state index in [1.165, 1.54) is 12.1 Å². The van der Waals surface area contributed by atoms with Gasteiger partial charge in [-0.1, -0.05) is 36.4 Å². The van der Waals surface area contributed by atoms with Gasteiger partial charge in [0, 0.05) is 17.5 Å². The molecule has 1 heterocycles. The number of rotatable bonds is 7. The first-order chi connectivity index (χ1) is 13.3. The summed E-state index contributed by atoms with van der Waals surface area (Å²) in [6.07, 6.45) is 0.916. The second-order valence-electron chi connectivity index (χ2n) is 6.41. The molecule has 1 amide bonds. The zero-order valence-electron chi connectivity index (χ0n) is 15.4. The first-order valence-electron chi connectivity index (χ1n) is 8.71. The van der Waals surface area contributed by atoms with Crippen LogP contribution in [-0.4, -0.2) is 25.9 Å². The number of amides is 1. The maximum absolute atomic E-state index is 12.1. The first kappa shape index (κ1) is 20.2. The van der Waals surface area contributed by atoms with E-state index in [1.54, 1.807) is 23.5 Å². The third kappa shape index (κ3) is 5.48. The average molecular weight is 416 g/mol. The van der Waals surface area contributed by atoms with Gasteiger partial charge in [0.1, 0.15) is 0 Å². The third-order valence-corrected chi connectivity index (χ3v) is 5.92. The molecule has 1 aromatic heterocycles. The number of hydrogen-bond acceptors (Lipinski definition) is 5. The van der Waals surface area contributed by atoms with Gasteiger partial charge in [0.15, 0.2) is 0 Å². The van der Waals surface area contributed by atoms with Crippen LogP contribution in [0, 0.1) is 6.92 Å². The lowest BCUT2D eigenvalue weighted by molar-refractivity contribution is -0.120. The molecule has 0 atom stereocenters. The Morgan fingerprint density at radius 1 is 1.07 bits per heavy atom. The van der Waals surface area contributed by atoms with Gasteiger partial charge in [-0.25, -0.2) is 18.5 Å². The maximum Gasteiger partial charge on any atom is 0.238 e. The molecule has 8 heteroatoms. The quantitative estimate of drug-likeness (QED) is 0.619. The number of thiazole rings is 1. The van der Waals surface area contributed by atoms with Crippen LogP contribution in [0.3, 0.4) is 0 Å². The second kappa shape index (κ2) is 8.64. The lowest BCUT2D eigenvalue weighted by atomic mass is 10.1. The molecule has 3 rings (SSSR count). The predicted octanol–water partition coefficient (Wildman–Crippen LogP) is 2.67. The molecule has 0 saturated carbocycles. The lowest BCUT2D eigenvalue weighted by Gasteiger charge is -2.07. The van der Waals surface area contributed by atoms with Crippen molar-refractivity contribution in [1.29, 1.82) is 0 Å². The number of nitrogens with one attached hydrogen (secondary N) is 1. The van der Waals surface area contributed by atoms with Crippen LogP contribution in [0.4, 0.5) is 0 Å². The van der Waals surface area contributed by atoms with Gasteiger partial charge in [-0.2, -0.15) is 0 Å². The van der Waals surface area contributed by atoms with Crippen molar-refractivity contribution >= 4 is 27.3 Å². The summed E-state index contributed by atoms with van der Waals surface area (Å²) in [5.41, 5.74) is 3.93. The molecular formula is C20H21N3O3S2. The number of carbonyl (C=O) groups excluding carboxylic acids is 1. The number of hydrogen-bond donors (Lipinski definition) is 2. The summed E-state index contributed by atoms with van der Waals surface area (Å²) < 4.78 is 22.5. The van der Waals surface area contributed by atoms with E-state index in [-0.39, 0.29) is 17.2 Å². The molecule has 0 unspecified atom stereocenters. The molecule has 0 bridgehead atoms. The number of nitrogens with zero attached hydrogens (tertiary/aromatic N) is 1. The van der Waals surface area contributed by atoms with E-state index in [1.807, 2.05) is 36.6 Å². The summed E-state index contributed by atoms with van der Waals surface area (Å²) in [4.78, 5) is 16.6. The maximum atomic E-state index is 12.1. The molecule has 28 heavy (non-hydrogen) atoms. The van der Waals surface area contributed by atoms with Gasteiger partial charge in [0.25, 0.3) is 0 Å². The van der Waals surface area contributed by atoms with E-state index in [9.17, 15) is 13.2 Å². The van der Waals surface area contributed by atoms with Gasteiger partial charge < -0.3 is 5.32 Å². The number of benzene rings is 2. The van der Waals surface area contributed by atoms with E-state index in [4.69, 9.17) is 5.14 Å². The summed E-state index contributed by atoms with van der Waals surface area (Å²) in [5, 5.41) is 11.0. The highest BCUT2D eigenvalue weighted by molar-refractivity contribution is 7.89. The van der Waals surface area contributed by atoms with Gasteiger partial charge in [-0.3, -0.25) is 4.79 Å². The molecule has 146 valence electrons. The molecule has 0 saturated heterocycles. The minimum atomic E-state index is -3.72. The summed E-state index contributed by atoms with van der Waals surface area (Å²) in [5.74, 6) is -0.113. The Bertz CT molecular complexity index is 1060. The van der Waals surface area contributed by atoms with Crippen LogP contribution in [0.2, 0.25) is 0 Å². The summed E-state index contributed by atoms with van der Waals surface area (Å²) in [7, 11) is -3.72. The SMILES string of the molecule is Cc1nc(-c2ccc(CCNC(=O)Cc3ccc(S(N)(=O)=O)cc3)cc2)cs1. The fraction of sp³-hybridized carbons (Fsp3) is 0.200. The highest BCUT2D eigenvalue weighted by Crippen LogP contribution is 2.21. The molecule has 0 fully saturated rings. The van der Waals surface area contributed by atoms with Crippen molar-refractivity contribution in [2.45, 2.75) is 24.7 Å². The highest BCUT2D eigenvalue weighted by atomic mass is 32.2. The van der Waals surface area contributed by atoms with Crippen molar-refractivity contribution in [2.75, 3.05) is 6.54 Å². The number of sulfonamides is 1. The molecule has 0 aliphatic rings. The molecule has 2 aromatic carbocycles. The molecule has 0 spiro atoms. The van der Waals surface area contributed by atoms with Gasteiger partial charge >= 0.3 is 0 Å². The molecule has 0 aliphatic heterocycles. The number of nitrogens with two attached hydrogens (primary N) is 1. The van der Waals surface area contributed by atoms with Crippen molar-refractivity contribution in [2.24, 2.45) is 5.14 Å². The summed E-state index contributed by atoms with van der Waals surface area (Å²) in [6.45, 7) is 2.52. The van der Waals surface area contributed by atoms with Crippen LogP contribution in [0.15, 0.2) is 58.8 Å². The second-order valence-corrected chi connectivity index (χ2v) is 9.04. The van der Waals surface area contributed by atoms with Crippen LogP contribution in [0.25, 0.3) is 11.3 Å². The van der Waals surface area contributed by atoms with Gasteiger partial charge in [-0.15, -0.1) is 11.3 Å². The number of aromatic nitrogens is 1. The minimum Gasteiger partial charge on any atom is -0.355 e. The molecule has 0 aliphatic carbocycles. The Kier molecular flexibility index (Phi) is 6.23. The standard InChI is InChI=1S/C20H21N3O3S2/c1-14-23-19(13-27-14)17-6-2-15(3-7-17)10-11-22-20(24)12-16-4-8-18(9-5-16)28(21,25)26/h2-9,13H,10-12H2,1H3,(H,22,24)(H2,21,25,26). The Morgan fingerprint density at radius 3 is 2.29 bits per heavy atom. The zero-order valence-corrected chi connectivity index (χ0v) is 17.0. The average Bonchev–Trinajstić information content (AvgIpc) is 3.08. The topological polar surface area (TPSA) is 102 Å². The number of aryl methyl sites for hydroxylation is 1. The molecule has 3 aromatic rings. The zero-order chi connectivity index (χ0) is 20.1. The molecule has 6 nitrogen and oxygen atoms in total. The normalized spacial score (nSPS) is 11.4. The van der Waals surface area contributed by atoms with Crippen LogP contribution in [0.5, 0.6) is 0 Å². The van der Waals surface area contributed by atoms with E-state index in [0.717, 1.165) is 33.8 Å². The number of primary sulfonamides is 1. The fourth-order valence-electron chi connectivity index (χ4n) is 2.73. The molecule has 0 radical (unpaired) electrons. The van der Waals surface area contributed by atoms with Crippen molar-refractivity contribution in [3.63, 3.8) is 0 Å². The Hall–Kier alpha value is -2.55. The van der Waals surface area contributed by atoms with E-state index in [2.05, 4.69) is 10.3 Å². The van der Waals surface area contributed by atoms with Crippen LogP contribution in [0.1, 0.15) is 16.1 Å². The van der Waals surface area contributed by atoms with Gasteiger partial charge in [0.05, 0.1) is 22.0 Å². The third-order valence-electron chi connectivity index (χ3n) is 4.22. The van der Waals surface area contributed by atoms with E-state index in [0.29, 0.717) is 6.54 Å². The monoisotopic (exact) mass is 415 g/mol. The molecule has 3 N–H and O–H groups in total. The minimum absolute atomic E-state index is 0.0351. The van der Waals surface area contributed by atoms with Crippen molar-refractivity contribution < 1.29 is 13.2 Å². The van der Waals surface area contributed by atoms with Gasteiger partial charge in [0.2, 0.25) is 15.9 Å². The van der Waals surface area contributed by atoms with Crippen LogP contribution < -0.4 is 10.5 Å². The fourth-order valence-corrected chi connectivity index (χ4v) is 3.87. The van der Waals surface area contributed by atoms with Gasteiger partial charge in [-0.05, 0) is 36.6 Å². The Morgan fingerprint density at radius 2 is 1.71 bits per heavy atom. The number of carbonyl (C=O) groups is 1. The van der Waals surface area contributed by atoms with Crippen LogP contribution in [-0.2, 0) is 27.7 Å². The Labute approximate surface area is 168 Å². The van der Waals surface area contributed by atoms with Crippen molar-refractivity contribution in [3.05, 3.63) is 70.0 Å². The molecular weight excluding hydrogens is 394 g/mol. The lowest BCUT2D eigenvalue weighted by Crippen LogP contribution is -2.27. The predicted molar refractivity (Wildman–Crippen MR) is 111 cm³/mol. The summed E-state index contributed by atoms with van der Waals surface area (Å²) >= 11 is 1.63. The summed E-state index contributed by atoms with van der Waals surface area (Å²) in [6, 6.07) is 14.2.